The van der Waals surface area contributed by atoms with Gasteiger partial charge in [0.25, 0.3) is 0 Å². The highest BCUT2D eigenvalue weighted by atomic mass is 16.1. The number of fused-ring (bicyclic) bond motifs is 2. The molecule has 0 unspecified atom stereocenters. The van der Waals surface area contributed by atoms with Crippen LogP contribution < -0.4 is 5.32 Å². The van der Waals surface area contributed by atoms with Crippen molar-refractivity contribution in [2.75, 3.05) is 5.32 Å². The monoisotopic (exact) mass is 367 g/mol. The van der Waals surface area contributed by atoms with E-state index in [-0.39, 0.29) is 5.78 Å². The molecule has 0 saturated heterocycles. The highest BCUT2D eigenvalue weighted by Crippen LogP contribution is 2.25. The molecule has 3 aromatic heterocycles. The molecule has 0 amide bonds. The quantitative estimate of drug-likeness (QED) is 0.446. The van der Waals surface area contributed by atoms with Crippen LogP contribution >= 0.6 is 0 Å². The Bertz CT molecular complexity index is 1330. The number of hydrogen-bond donors (Lipinski definition) is 2. The molecule has 0 radical (unpaired) electrons. The van der Waals surface area contributed by atoms with Crippen LogP contribution in [0.4, 0.5) is 11.5 Å². The Hall–Kier alpha value is -3.93. The van der Waals surface area contributed by atoms with Gasteiger partial charge in [0.1, 0.15) is 0 Å². The molecule has 0 aliphatic heterocycles. The number of H-pyrrole nitrogens is 1. The van der Waals surface area contributed by atoms with Crippen LogP contribution in [0.1, 0.15) is 17.3 Å². The van der Waals surface area contributed by atoms with Crippen LogP contribution in [0.25, 0.3) is 27.8 Å². The molecule has 0 spiro atoms. The second kappa shape index (κ2) is 6.35. The average Bonchev–Trinajstić information content (AvgIpc) is 3.34. The summed E-state index contributed by atoms with van der Waals surface area (Å²) in [4.78, 5) is 19.3. The van der Waals surface area contributed by atoms with Gasteiger partial charge >= 0.3 is 0 Å². The van der Waals surface area contributed by atoms with Crippen LogP contribution in [0, 0.1) is 0 Å². The van der Waals surface area contributed by atoms with Crippen molar-refractivity contribution in [1.29, 1.82) is 0 Å². The summed E-state index contributed by atoms with van der Waals surface area (Å²) < 4.78 is 1.82. The largest absolute Gasteiger partial charge is 0.361 e. The summed E-state index contributed by atoms with van der Waals surface area (Å²) in [6.07, 6.45) is 3.76. The highest BCUT2D eigenvalue weighted by molar-refractivity contribution is 5.95. The Morgan fingerprint density at radius 2 is 2.00 bits per heavy atom. The van der Waals surface area contributed by atoms with Crippen LogP contribution in [0.5, 0.6) is 0 Å². The van der Waals surface area contributed by atoms with Gasteiger partial charge in [-0.15, -0.1) is 5.10 Å². The zero-order valence-electron chi connectivity index (χ0n) is 15.2. The van der Waals surface area contributed by atoms with Gasteiger partial charge in [-0.2, -0.15) is 0 Å². The summed E-state index contributed by atoms with van der Waals surface area (Å²) in [5, 5.41) is 9.11. The van der Waals surface area contributed by atoms with E-state index in [1.54, 1.807) is 13.0 Å². The van der Waals surface area contributed by atoms with E-state index in [1.165, 1.54) is 0 Å². The molecule has 2 N–H and O–H groups in total. The van der Waals surface area contributed by atoms with Crippen molar-refractivity contribution in [2.45, 2.75) is 6.92 Å². The maximum Gasteiger partial charge on any atom is 0.159 e. The number of ketones is 1. The second-order valence-electron chi connectivity index (χ2n) is 6.67. The fourth-order valence-electron chi connectivity index (χ4n) is 3.31. The number of hydrogen-bond acceptors (Lipinski definition) is 4. The number of carbonyl (C=O) groups is 1. The van der Waals surface area contributed by atoms with Crippen molar-refractivity contribution < 1.29 is 4.79 Å². The molecule has 0 aliphatic rings. The molecule has 0 fully saturated rings. The van der Waals surface area contributed by atoms with Gasteiger partial charge < -0.3 is 10.3 Å². The first-order valence-electron chi connectivity index (χ1n) is 8.98. The molecule has 2 aromatic carbocycles. The van der Waals surface area contributed by atoms with E-state index in [1.807, 2.05) is 53.3 Å². The average molecular weight is 367 g/mol. The molecule has 0 atom stereocenters. The van der Waals surface area contributed by atoms with Crippen molar-refractivity contribution in [2.24, 2.45) is 0 Å². The smallest absolute Gasteiger partial charge is 0.159 e. The van der Waals surface area contributed by atoms with Crippen molar-refractivity contribution in [1.82, 2.24) is 19.6 Å². The second-order valence-corrected chi connectivity index (χ2v) is 6.67. The first-order valence-corrected chi connectivity index (χ1v) is 8.98. The number of benzene rings is 2. The molecular formula is C22H17N5O. The SMILES string of the molecule is CC(=O)c1cccc(Nc2ccc3ncc(-c4ccc5[nH]ccc5c4)n3n2)c1. The van der Waals surface area contributed by atoms with Gasteiger partial charge in [0.05, 0.1) is 11.9 Å². The zero-order valence-corrected chi connectivity index (χ0v) is 15.2. The maximum absolute atomic E-state index is 11.6. The number of aromatic amines is 1. The first-order chi connectivity index (χ1) is 13.7. The third-order valence-corrected chi connectivity index (χ3v) is 4.75. The van der Waals surface area contributed by atoms with Crippen LogP contribution in [0.2, 0.25) is 0 Å². The standard InChI is InChI=1S/C22H17N5O/c1-14(28)15-3-2-4-18(12-15)25-21-7-8-22-24-13-20(27(22)26-21)17-5-6-19-16(11-17)9-10-23-19/h2-13,23H,1H3,(H,25,26). The number of nitrogens with one attached hydrogen (secondary N) is 2. The minimum Gasteiger partial charge on any atom is -0.361 e. The summed E-state index contributed by atoms with van der Waals surface area (Å²) in [6, 6.07) is 19.5. The van der Waals surface area contributed by atoms with Gasteiger partial charge in [-0.1, -0.05) is 18.2 Å². The number of imidazole rings is 1. The van der Waals surface area contributed by atoms with Gasteiger partial charge in [0.15, 0.2) is 17.2 Å². The molecule has 6 heteroatoms. The van der Waals surface area contributed by atoms with E-state index >= 15 is 0 Å². The molecule has 5 rings (SSSR count). The molecule has 0 saturated carbocycles. The predicted octanol–water partition coefficient (Wildman–Crippen LogP) is 4.82. The lowest BCUT2D eigenvalue weighted by molar-refractivity contribution is 0.101. The Morgan fingerprint density at radius 3 is 2.89 bits per heavy atom. The molecule has 0 aliphatic carbocycles. The third kappa shape index (κ3) is 2.81. The zero-order chi connectivity index (χ0) is 19.1. The molecule has 3 heterocycles. The highest BCUT2D eigenvalue weighted by Gasteiger charge is 2.10. The van der Waals surface area contributed by atoms with Crippen molar-refractivity contribution in [3.05, 3.63) is 78.6 Å². The summed E-state index contributed by atoms with van der Waals surface area (Å²) in [5.41, 5.74) is 5.30. The molecule has 0 bridgehead atoms. The number of anilines is 2. The molecule has 136 valence electrons. The third-order valence-electron chi connectivity index (χ3n) is 4.75. The first kappa shape index (κ1) is 16.3. The molecule has 28 heavy (non-hydrogen) atoms. The Balaban J connectivity index is 1.54. The van der Waals surface area contributed by atoms with E-state index in [2.05, 4.69) is 33.5 Å². The minimum atomic E-state index is 0.0316. The number of rotatable bonds is 4. The fourth-order valence-corrected chi connectivity index (χ4v) is 3.31. The van der Waals surface area contributed by atoms with Gasteiger partial charge in [0.2, 0.25) is 0 Å². The van der Waals surface area contributed by atoms with E-state index in [0.29, 0.717) is 11.4 Å². The van der Waals surface area contributed by atoms with E-state index in [4.69, 9.17) is 5.10 Å². The Morgan fingerprint density at radius 1 is 1.07 bits per heavy atom. The van der Waals surface area contributed by atoms with Crippen LogP contribution in [0.15, 0.2) is 73.1 Å². The molecule has 6 nitrogen and oxygen atoms in total. The van der Waals surface area contributed by atoms with Gasteiger partial charge in [-0.25, -0.2) is 9.50 Å². The lowest BCUT2D eigenvalue weighted by atomic mass is 10.1. The molecule has 5 aromatic rings. The van der Waals surface area contributed by atoms with E-state index in [0.717, 1.165) is 33.5 Å². The summed E-state index contributed by atoms with van der Waals surface area (Å²) in [7, 11) is 0. The number of aromatic nitrogens is 4. The van der Waals surface area contributed by atoms with Crippen molar-refractivity contribution >= 4 is 33.8 Å². The van der Waals surface area contributed by atoms with Crippen LogP contribution in [0.3, 0.4) is 0 Å². The fraction of sp³-hybridized carbons (Fsp3) is 0.0455. The number of nitrogens with zero attached hydrogens (tertiary/aromatic N) is 3. The summed E-state index contributed by atoms with van der Waals surface area (Å²) in [5.74, 6) is 0.708. The van der Waals surface area contributed by atoms with Crippen molar-refractivity contribution in [3.8, 4) is 11.3 Å². The molecular weight excluding hydrogens is 350 g/mol. The van der Waals surface area contributed by atoms with Crippen LogP contribution in [-0.2, 0) is 0 Å². The topological polar surface area (TPSA) is 75.1 Å². The van der Waals surface area contributed by atoms with Crippen molar-refractivity contribution in [3.63, 3.8) is 0 Å². The predicted molar refractivity (Wildman–Crippen MR) is 110 cm³/mol. The Labute approximate surface area is 160 Å². The number of carbonyl (C=O) groups excluding carboxylic acids is 1. The maximum atomic E-state index is 11.6. The summed E-state index contributed by atoms with van der Waals surface area (Å²) in [6.45, 7) is 1.56. The van der Waals surface area contributed by atoms with Crippen LogP contribution in [-0.4, -0.2) is 25.4 Å². The summed E-state index contributed by atoms with van der Waals surface area (Å²) >= 11 is 0. The van der Waals surface area contributed by atoms with E-state index in [9.17, 15) is 4.79 Å². The number of Topliss-reactive ketones (excluding diaryl/α,β-unsaturated/α-hetero) is 1. The van der Waals surface area contributed by atoms with Gasteiger partial charge in [-0.05, 0) is 49.4 Å². The normalized spacial score (nSPS) is 11.2. The van der Waals surface area contributed by atoms with E-state index < -0.39 is 0 Å². The van der Waals surface area contributed by atoms with Gasteiger partial charge in [0, 0.05) is 33.9 Å². The lowest BCUT2D eigenvalue weighted by Gasteiger charge is -2.08. The van der Waals surface area contributed by atoms with Gasteiger partial charge in [-0.3, -0.25) is 4.79 Å². The minimum absolute atomic E-state index is 0.0316. The Kier molecular flexibility index (Phi) is 3.69. The lowest BCUT2D eigenvalue weighted by Crippen LogP contribution is -2.01.